The Bertz CT molecular complexity index is 928. The van der Waals surface area contributed by atoms with Gasteiger partial charge in [0.1, 0.15) is 0 Å². The quantitative estimate of drug-likeness (QED) is 0.102. The van der Waals surface area contributed by atoms with Crippen molar-refractivity contribution >= 4 is 0 Å². The van der Waals surface area contributed by atoms with E-state index in [0.29, 0.717) is 11.1 Å². The molecule has 3 aromatic carbocycles. The monoisotopic (exact) mass is 1920 g/mol. The van der Waals surface area contributed by atoms with E-state index in [1.165, 1.54) is 48.5 Å². The summed E-state index contributed by atoms with van der Waals surface area (Å²) in [5, 5.41) is 105. The SMILES string of the molecule is O.O.O.O.O.O.O.O.O.O.O.OC(O)c1ccc(C(O)O)cc1.OC(O)c1ccccc1C(O)O.OC(O)c1ccccc1C(O)O.[Sm].[Sm].[Sm].[Sm].[Sm].[Sm].[Sm].[Sm]. The number of rotatable bonds is 6. The molecule has 0 fully saturated rings. The summed E-state index contributed by atoms with van der Waals surface area (Å²) in [6.45, 7) is 0. The minimum atomic E-state index is -1.68. The van der Waals surface area contributed by atoms with E-state index in [2.05, 4.69) is 0 Å². The summed E-state index contributed by atoms with van der Waals surface area (Å²) in [5.74, 6) is 0. The zero-order valence-electron chi connectivity index (χ0n) is 27.5. The average molecular weight is 1910 g/mol. The summed E-state index contributed by atoms with van der Waals surface area (Å²) in [7, 11) is 0. The standard InChI is InChI=1S/3C8H10O4.11H2O.8Sm/c9-7(10)5-1-2-6(4-3-5)8(11)12;2*9-7(10)5-3-1-2-4-6(5)8(11)12;;;;;;;;;;;;;;;;;;;/h3*1-4,7-12H;11*1H2;;;;;;;;. The molecule has 0 amide bonds. The van der Waals surface area contributed by atoms with E-state index in [1.54, 1.807) is 24.3 Å². The van der Waals surface area contributed by atoms with E-state index < -0.39 is 37.7 Å². The van der Waals surface area contributed by atoms with Crippen molar-refractivity contribution in [3.8, 4) is 0 Å². The van der Waals surface area contributed by atoms with Crippen LogP contribution in [-0.2, 0) is 0 Å². The summed E-state index contributed by atoms with van der Waals surface area (Å²) in [6, 6.07) is 17.7. The van der Waals surface area contributed by atoms with Crippen molar-refractivity contribution < 1.29 is 445 Å². The molecular weight excluding hydrogens is 1860 g/mol. The van der Waals surface area contributed by atoms with Gasteiger partial charge in [0.05, 0.1) is 0 Å². The summed E-state index contributed by atoms with van der Waals surface area (Å²) in [4.78, 5) is 0. The van der Waals surface area contributed by atoms with Crippen molar-refractivity contribution in [2.75, 3.05) is 0 Å². The van der Waals surface area contributed by atoms with Gasteiger partial charge in [-0.15, -0.1) is 0 Å². The number of benzene rings is 3. The van der Waals surface area contributed by atoms with Crippen LogP contribution in [0.25, 0.3) is 0 Å². The predicted molar refractivity (Wildman–Crippen MR) is 162 cm³/mol. The molecule has 0 atom stereocenters. The first kappa shape index (κ1) is 125. The Labute approximate surface area is 574 Å². The number of aliphatic hydroxyl groups is 12. The van der Waals surface area contributed by atoms with Crippen LogP contribution < -0.4 is 0 Å². The molecule has 0 saturated carbocycles. The second-order valence-electron chi connectivity index (χ2n) is 7.17. The fourth-order valence-electron chi connectivity index (χ4n) is 2.80. The molecule has 3 aromatic rings. The molecule has 3 rings (SSSR count). The first-order chi connectivity index (χ1) is 16.9. The van der Waals surface area contributed by atoms with E-state index in [1.807, 2.05) is 0 Å². The van der Waals surface area contributed by atoms with Gasteiger partial charge in [-0.1, -0.05) is 72.8 Å². The van der Waals surface area contributed by atoms with Crippen LogP contribution >= 0.6 is 0 Å². The number of hydrogen-bond acceptors (Lipinski definition) is 12. The second kappa shape index (κ2) is 73.0. The minimum absolute atomic E-state index is 0. The fourth-order valence-corrected chi connectivity index (χ4v) is 2.80. The van der Waals surface area contributed by atoms with Crippen molar-refractivity contribution in [3.05, 3.63) is 106 Å². The van der Waals surface area contributed by atoms with Crippen molar-refractivity contribution in [2.24, 2.45) is 0 Å². The van der Waals surface area contributed by atoms with Gasteiger partial charge >= 0.3 is 0 Å². The van der Waals surface area contributed by atoms with Gasteiger partial charge in [0.25, 0.3) is 0 Å². The van der Waals surface area contributed by atoms with Gasteiger partial charge in [0.2, 0.25) is 0 Å². The zero-order valence-corrected chi connectivity index (χ0v) is 48.5. The predicted octanol–water partition coefficient (Wildman–Crippen LogP) is -10.1. The van der Waals surface area contributed by atoms with Gasteiger partial charge in [-0.05, 0) is 0 Å². The Morgan fingerprint density at radius 1 is 0.218 bits per heavy atom. The maximum atomic E-state index is 8.79. The summed E-state index contributed by atoms with van der Waals surface area (Å²) in [5.41, 5.74) is 1.05. The molecule has 0 saturated heterocycles. The summed E-state index contributed by atoms with van der Waals surface area (Å²) in [6.07, 6.45) is -9.75. The molecule has 0 aliphatic heterocycles. The van der Waals surface area contributed by atoms with E-state index in [9.17, 15) is 0 Å². The third-order valence-corrected chi connectivity index (χ3v) is 4.64. The number of hydrogen-bond donors (Lipinski definition) is 12. The third-order valence-electron chi connectivity index (χ3n) is 4.64. The molecule has 0 spiro atoms. The van der Waals surface area contributed by atoms with Gasteiger partial charge in [-0.2, -0.15) is 0 Å². The van der Waals surface area contributed by atoms with Crippen LogP contribution in [0.4, 0.5) is 0 Å². The Morgan fingerprint density at radius 2 is 0.345 bits per heavy atom. The normalized spacial score (nSPS) is 7.31. The molecule has 0 heterocycles. The molecule has 0 aliphatic carbocycles. The molecule has 0 unspecified atom stereocenters. The Hall–Kier alpha value is 7.44. The fraction of sp³-hybridized carbons (Fsp3) is 0.250. The Balaban J connectivity index is -0.0000000177. The van der Waals surface area contributed by atoms with Gasteiger partial charge in [-0.25, -0.2) is 0 Å². The Morgan fingerprint density at radius 3 is 0.436 bits per heavy atom. The Kier molecular flexibility index (Phi) is 166. The molecule has 34 N–H and O–H groups in total. The molecule has 0 aliphatic rings. The molecule has 23 nitrogen and oxygen atoms in total. The van der Waals surface area contributed by atoms with Crippen LogP contribution in [0.5, 0.6) is 0 Å². The molecular formula is C24H52O23Sm8. The smallest absolute Gasteiger partial charge is 0.178 e. The molecule has 0 radical (unpaired) electrons. The van der Waals surface area contributed by atoms with Crippen LogP contribution in [0.2, 0.25) is 0 Å². The molecule has 0 aromatic heterocycles. The largest absolute Gasteiger partial charge is 0.412 e. The van der Waals surface area contributed by atoms with Crippen molar-refractivity contribution in [2.45, 2.75) is 37.7 Å². The van der Waals surface area contributed by atoms with Gasteiger partial charge in [0.15, 0.2) is 37.7 Å². The van der Waals surface area contributed by atoms with Crippen LogP contribution in [0.15, 0.2) is 72.8 Å². The molecule has 334 valence electrons. The summed E-state index contributed by atoms with van der Waals surface area (Å²) >= 11 is 0. The maximum absolute atomic E-state index is 8.79. The van der Waals surface area contributed by atoms with Crippen molar-refractivity contribution in [1.82, 2.24) is 0 Å². The minimum Gasteiger partial charge on any atom is -0.412 e. The van der Waals surface area contributed by atoms with Crippen molar-refractivity contribution in [3.63, 3.8) is 0 Å². The second-order valence-corrected chi connectivity index (χ2v) is 7.17. The summed E-state index contributed by atoms with van der Waals surface area (Å²) < 4.78 is 0. The maximum Gasteiger partial charge on any atom is 0.178 e. The first-order valence-corrected chi connectivity index (χ1v) is 10.3. The van der Waals surface area contributed by atoms with E-state index in [4.69, 9.17) is 61.3 Å². The topological polar surface area (TPSA) is 589 Å². The van der Waals surface area contributed by atoms with E-state index in [0.717, 1.165) is 0 Å². The zero-order chi connectivity index (χ0) is 27.4. The van der Waals surface area contributed by atoms with Gasteiger partial charge < -0.3 is 122 Å². The number of aliphatic hydroxyl groups excluding tert-OH is 6. The van der Waals surface area contributed by atoms with Crippen LogP contribution in [0, 0.1) is 323 Å². The van der Waals surface area contributed by atoms with E-state index >= 15 is 0 Å². The van der Waals surface area contributed by atoms with Gasteiger partial charge in [0, 0.05) is 356 Å². The van der Waals surface area contributed by atoms with Crippen molar-refractivity contribution in [1.29, 1.82) is 0 Å². The first-order valence-electron chi connectivity index (χ1n) is 10.3. The van der Waals surface area contributed by atoms with Crippen LogP contribution in [0.1, 0.15) is 71.1 Å². The molecule has 55 heavy (non-hydrogen) atoms. The van der Waals surface area contributed by atoms with Crippen LogP contribution in [0.3, 0.4) is 0 Å². The van der Waals surface area contributed by atoms with Gasteiger partial charge in [-0.3, -0.25) is 0 Å². The average Bonchev–Trinajstić information content (AvgIpc) is 2.84. The third kappa shape index (κ3) is 53.9. The molecule has 0 bridgehead atoms. The van der Waals surface area contributed by atoms with Crippen LogP contribution in [-0.4, -0.2) is 122 Å². The molecule has 31 heteroatoms. The van der Waals surface area contributed by atoms with E-state index in [-0.39, 0.29) is 406 Å².